The van der Waals surface area contributed by atoms with Gasteiger partial charge in [-0.05, 0) is 37.2 Å². The van der Waals surface area contributed by atoms with Crippen molar-refractivity contribution in [1.82, 2.24) is 5.32 Å². The van der Waals surface area contributed by atoms with Crippen LogP contribution in [-0.4, -0.2) is 13.1 Å². The Labute approximate surface area is 123 Å². The molecule has 0 amide bonds. The van der Waals surface area contributed by atoms with Crippen LogP contribution >= 0.6 is 11.3 Å². The summed E-state index contributed by atoms with van der Waals surface area (Å²) in [6, 6.07) is 15.4. The molecule has 0 aliphatic rings. The van der Waals surface area contributed by atoms with Gasteiger partial charge < -0.3 is 5.32 Å². The Morgan fingerprint density at radius 1 is 1.10 bits per heavy atom. The van der Waals surface area contributed by atoms with Gasteiger partial charge >= 0.3 is 0 Å². The molecule has 1 N–H and O–H groups in total. The number of rotatable bonds is 4. The lowest BCUT2D eigenvalue weighted by molar-refractivity contribution is 0.779. The van der Waals surface area contributed by atoms with Crippen molar-refractivity contribution in [1.29, 1.82) is 0 Å². The number of hydrogen-bond acceptors (Lipinski definition) is 2. The number of fused-ring (bicyclic) bond motifs is 3. The Bertz CT molecular complexity index is 767. The van der Waals surface area contributed by atoms with E-state index in [2.05, 4.69) is 67.7 Å². The minimum Gasteiger partial charge on any atom is -0.313 e. The van der Waals surface area contributed by atoms with Crippen molar-refractivity contribution < 1.29 is 0 Å². The number of thiophene rings is 1. The van der Waals surface area contributed by atoms with Gasteiger partial charge in [0.25, 0.3) is 0 Å². The van der Waals surface area contributed by atoms with E-state index in [9.17, 15) is 0 Å². The average Bonchev–Trinajstić information content (AvgIpc) is 2.83. The molecule has 0 saturated carbocycles. The van der Waals surface area contributed by atoms with E-state index < -0.39 is 0 Å². The first-order chi connectivity index (χ1) is 9.78. The lowest BCUT2D eigenvalue weighted by atomic mass is 10.1. The van der Waals surface area contributed by atoms with Gasteiger partial charge in [0, 0.05) is 26.7 Å². The summed E-state index contributed by atoms with van der Waals surface area (Å²) in [5.74, 6) is 0. The summed E-state index contributed by atoms with van der Waals surface area (Å²) in [7, 11) is 0. The molecule has 0 aliphatic heterocycles. The SMILES string of the molecule is CCNCC(C)=Cc1ccc2sc3ccccc3c2c1. The first kappa shape index (κ1) is 13.3. The molecule has 1 nitrogen and oxygen atoms in total. The molecule has 0 radical (unpaired) electrons. The van der Waals surface area contributed by atoms with Crippen molar-refractivity contribution in [2.24, 2.45) is 0 Å². The van der Waals surface area contributed by atoms with Crippen molar-refractivity contribution in [2.75, 3.05) is 13.1 Å². The summed E-state index contributed by atoms with van der Waals surface area (Å²) in [6.07, 6.45) is 2.27. The fourth-order valence-electron chi connectivity index (χ4n) is 2.49. The first-order valence-corrected chi connectivity index (χ1v) is 7.89. The van der Waals surface area contributed by atoms with Crippen LogP contribution < -0.4 is 5.32 Å². The minimum absolute atomic E-state index is 0.957. The van der Waals surface area contributed by atoms with E-state index in [4.69, 9.17) is 0 Å². The molecule has 0 bridgehead atoms. The van der Waals surface area contributed by atoms with Crippen LogP contribution in [0.2, 0.25) is 0 Å². The molecule has 0 aliphatic carbocycles. The second-order valence-corrected chi connectivity index (χ2v) is 6.21. The summed E-state index contributed by atoms with van der Waals surface area (Å²) >= 11 is 1.87. The molecule has 20 heavy (non-hydrogen) atoms. The predicted molar refractivity (Wildman–Crippen MR) is 91.5 cm³/mol. The van der Waals surface area contributed by atoms with Gasteiger partial charge in [-0.25, -0.2) is 0 Å². The maximum Gasteiger partial charge on any atom is 0.0355 e. The zero-order chi connectivity index (χ0) is 13.9. The Kier molecular flexibility index (Phi) is 3.86. The third-order valence-corrected chi connectivity index (χ3v) is 4.62. The predicted octanol–water partition coefficient (Wildman–Crippen LogP) is 5.07. The zero-order valence-electron chi connectivity index (χ0n) is 11.9. The van der Waals surface area contributed by atoms with Gasteiger partial charge in [-0.2, -0.15) is 0 Å². The molecule has 2 heteroatoms. The van der Waals surface area contributed by atoms with Crippen molar-refractivity contribution in [3.05, 3.63) is 53.6 Å². The second kappa shape index (κ2) is 5.78. The van der Waals surface area contributed by atoms with Crippen LogP contribution in [0.25, 0.3) is 26.2 Å². The highest BCUT2D eigenvalue weighted by Gasteiger charge is 2.04. The highest BCUT2D eigenvalue weighted by Crippen LogP contribution is 2.34. The van der Waals surface area contributed by atoms with Gasteiger partial charge in [0.05, 0.1) is 0 Å². The third kappa shape index (κ3) is 2.62. The highest BCUT2D eigenvalue weighted by atomic mass is 32.1. The van der Waals surface area contributed by atoms with Crippen LogP contribution in [0.4, 0.5) is 0 Å². The number of likely N-dealkylation sites (N-methyl/N-ethyl adjacent to an activating group) is 1. The van der Waals surface area contributed by atoms with E-state index in [1.165, 1.54) is 31.3 Å². The Hall–Kier alpha value is -1.64. The van der Waals surface area contributed by atoms with E-state index in [0.717, 1.165) is 13.1 Å². The van der Waals surface area contributed by atoms with Crippen molar-refractivity contribution in [3.8, 4) is 0 Å². The molecular weight excluding hydrogens is 262 g/mol. The maximum absolute atomic E-state index is 3.36. The second-order valence-electron chi connectivity index (χ2n) is 5.12. The molecule has 0 atom stereocenters. The molecule has 102 valence electrons. The maximum atomic E-state index is 3.36. The lowest BCUT2D eigenvalue weighted by Gasteiger charge is -2.02. The summed E-state index contributed by atoms with van der Waals surface area (Å²) < 4.78 is 2.74. The van der Waals surface area contributed by atoms with Crippen LogP contribution in [-0.2, 0) is 0 Å². The van der Waals surface area contributed by atoms with Gasteiger partial charge in [-0.1, -0.05) is 42.8 Å². The molecule has 0 unspecified atom stereocenters. The molecular formula is C18H19NS. The van der Waals surface area contributed by atoms with E-state index in [0.29, 0.717) is 0 Å². The van der Waals surface area contributed by atoms with Gasteiger partial charge in [0.15, 0.2) is 0 Å². The standard InChI is InChI=1S/C18H19NS/c1-3-19-12-13(2)10-14-8-9-18-16(11-14)15-6-4-5-7-17(15)20-18/h4-11,19H,3,12H2,1-2H3. The van der Waals surface area contributed by atoms with Gasteiger partial charge in [-0.15, -0.1) is 11.3 Å². The van der Waals surface area contributed by atoms with Crippen LogP contribution in [0.5, 0.6) is 0 Å². The Morgan fingerprint density at radius 2 is 1.90 bits per heavy atom. The summed E-state index contributed by atoms with van der Waals surface area (Å²) in [5.41, 5.74) is 2.65. The quantitative estimate of drug-likeness (QED) is 0.704. The van der Waals surface area contributed by atoms with Crippen molar-refractivity contribution >= 4 is 37.6 Å². The van der Waals surface area contributed by atoms with Gasteiger partial charge in [0.2, 0.25) is 0 Å². The van der Waals surface area contributed by atoms with E-state index in [-0.39, 0.29) is 0 Å². The fraction of sp³-hybridized carbons (Fsp3) is 0.222. The van der Waals surface area contributed by atoms with Crippen molar-refractivity contribution in [2.45, 2.75) is 13.8 Å². The summed E-state index contributed by atoms with van der Waals surface area (Å²) in [5, 5.41) is 6.10. The molecule has 0 saturated heterocycles. The van der Waals surface area contributed by atoms with Crippen LogP contribution in [0, 0.1) is 0 Å². The van der Waals surface area contributed by atoms with Crippen LogP contribution in [0.3, 0.4) is 0 Å². The Balaban J connectivity index is 2.03. The lowest BCUT2D eigenvalue weighted by Crippen LogP contribution is -2.14. The molecule has 2 aromatic carbocycles. The normalized spacial score (nSPS) is 12.4. The topological polar surface area (TPSA) is 12.0 Å². The smallest absolute Gasteiger partial charge is 0.0355 e. The summed E-state index contributed by atoms with van der Waals surface area (Å²) in [4.78, 5) is 0. The summed E-state index contributed by atoms with van der Waals surface area (Å²) in [6.45, 7) is 6.29. The largest absolute Gasteiger partial charge is 0.313 e. The molecule has 0 spiro atoms. The molecule has 1 aromatic heterocycles. The average molecular weight is 281 g/mol. The molecule has 0 fully saturated rings. The molecule has 3 rings (SSSR count). The minimum atomic E-state index is 0.957. The Morgan fingerprint density at radius 3 is 2.75 bits per heavy atom. The number of nitrogens with one attached hydrogen (secondary N) is 1. The number of benzene rings is 2. The fourth-order valence-corrected chi connectivity index (χ4v) is 3.58. The van der Waals surface area contributed by atoms with Gasteiger partial charge in [-0.3, -0.25) is 0 Å². The van der Waals surface area contributed by atoms with Crippen molar-refractivity contribution in [3.63, 3.8) is 0 Å². The van der Waals surface area contributed by atoms with E-state index in [1.54, 1.807) is 0 Å². The molecule has 3 aromatic rings. The first-order valence-electron chi connectivity index (χ1n) is 7.07. The van der Waals surface area contributed by atoms with Gasteiger partial charge in [0.1, 0.15) is 0 Å². The zero-order valence-corrected chi connectivity index (χ0v) is 12.8. The highest BCUT2D eigenvalue weighted by molar-refractivity contribution is 7.25. The molecule has 1 heterocycles. The monoisotopic (exact) mass is 281 g/mol. The van der Waals surface area contributed by atoms with E-state index >= 15 is 0 Å². The van der Waals surface area contributed by atoms with Crippen LogP contribution in [0.15, 0.2) is 48.0 Å². The number of hydrogen-bond donors (Lipinski definition) is 1. The van der Waals surface area contributed by atoms with Crippen LogP contribution in [0.1, 0.15) is 19.4 Å². The third-order valence-electron chi connectivity index (χ3n) is 3.47. The van der Waals surface area contributed by atoms with E-state index in [1.807, 2.05) is 11.3 Å².